The van der Waals surface area contributed by atoms with E-state index in [4.69, 9.17) is 21.1 Å². The van der Waals surface area contributed by atoms with Gasteiger partial charge in [-0.25, -0.2) is 9.97 Å². The Labute approximate surface area is 130 Å². The maximum atomic E-state index is 6.23. The zero-order valence-electron chi connectivity index (χ0n) is 12.3. The van der Waals surface area contributed by atoms with E-state index in [9.17, 15) is 0 Å². The van der Waals surface area contributed by atoms with Gasteiger partial charge in [0.1, 0.15) is 23.8 Å². The van der Waals surface area contributed by atoms with E-state index in [1.807, 2.05) is 24.3 Å². The van der Waals surface area contributed by atoms with E-state index >= 15 is 0 Å². The van der Waals surface area contributed by atoms with Crippen molar-refractivity contribution >= 4 is 11.6 Å². The number of para-hydroxylation sites is 1. The summed E-state index contributed by atoms with van der Waals surface area (Å²) in [6.07, 6.45) is 3.30. The number of ether oxygens (including phenoxy) is 2. The molecule has 0 aliphatic rings. The highest BCUT2D eigenvalue weighted by molar-refractivity contribution is 6.30. The lowest BCUT2D eigenvalue weighted by Gasteiger charge is -2.14. The smallest absolute Gasteiger partial charge is 0.136 e. The highest BCUT2D eigenvalue weighted by atomic mass is 35.5. The van der Waals surface area contributed by atoms with E-state index in [0.29, 0.717) is 18.4 Å². The van der Waals surface area contributed by atoms with Crippen LogP contribution in [-0.4, -0.2) is 30.3 Å². The summed E-state index contributed by atoms with van der Waals surface area (Å²) < 4.78 is 10.8. The third-order valence-corrected chi connectivity index (χ3v) is 3.41. The van der Waals surface area contributed by atoms with Crippen LogP contribution in [0.3, 0.4) is 0 Å². The van der Waals surface area contributed by atoms with Gasteiger partial charge in [-0.1, -0.05) is 37.1 Å². The predicted octanol–water partition coefficient (Wildman–Crippen LogP) is 3.77. The summed E-state index contributed by atoms with van der Waals surface area (Å²) in [7, 11) is 1.65. The molecule has 0 amide bonds. The number of rotatable bonds is 7. The van der Waals surface area contributed by atoms with Crippen molar-refractivity contribution in [3.8, 4) is 17.0 Å². The first-order valence-electron chi connectivity index (χ1n) is 6.98. The average molecular weight is 307 g/mol. The zero-order valence-corrected chi connectivity index (χ0v) is 13.1. The maximum absolute atomic E-state index is 6.23. The number of aromatic nitrogens is 2. The highest BCUT2D eigenvalue weighted by Crippen LogP contribution is 2.33. The molecule has 0 saturated heterocycles. The molecule has 0 aliphatic heterocycles. The summed E-state index contributed by atoms with van der Waals surface area (Å²) in [4.78, 5) is 8.49. The first-order valence-corrected chi connectivity index (χ1v) is 7.36. The van der Waals surface area contributed by atoms with Gasteiger partial charge in [-0.2, -0.15) is 0 Å². The Bertz CT molecular complexity index is 590. The van der Waals surface area contributed by atoms with E-state index in [-0.39, 0.29) is 0 Å². The molecule has 2 rings (SSSR count). The number of hydrogen-bond donors (Lipinski definition) is 0. The van der Waals surface area contributed by atoms with Crippen molar-refractivity contribution < 1.29 is 9.47 Å². The number of halogens is 1. The molecule has 0 unspecified atom stereocenters. The van der Waals surface area contributed by atoms with Crippen molar-refractivity contribution in [2.45, 2.75) is 19.8 Å². The first-order chi connectivity index (χ1) is 10.3. The van der Waals surface area contributed by atoms with Gasteiger partial charge in [0.05, 0.1) is 12.3 Å². The second kappa shape index (κ2) is 7.96. The van der Waals surface area contributed by atoms with Crippen LogP contribution in [-0.2, 0) is 11.2 Å². The van der Waals surface area contributed by atoms with Gasteiger partial charge < -0.3 is 9.47 Å². The molecule has 1 heterocycles. The molecular formula is C16H19ClN2O2. The lowest BCUT2D eigenvalue weighted by Crippen LogP contribution is -2.06. The van der Waals surface area contributed by atoms with Crippen molar-refractivity contribution in [3.05, 3.63) is 41.3 Å². The zero-order chi connectivity index (χ0) is 15.1. The number of methoxy groups -OCH3 is 1. The molecule has 0 aliphatic carbocycles. The Morgan fingerprint density at radius 3 is 2.71 bits per heavy atom. The molecule has 0 saturated carbocycles. The Morgan fingerprint density at radius 1 is 1.14 bits per heavy atom. The van der Waals surface area contributed by atoms with E-state index < -0.39 is 0 Å². The van der Waals surface area contributed by atoms with Crippen molar-refractivity contribution in [1.29, 1.82) is 0 Å². The summed E-state index contributed by atoms with van der Waals surface area (Å²) in [5.74, 6) is 0.779. The molecule has 112 valence electrons. The fourth-order valence-corrected chi connectivity index (χ4v) is 2.35. The SMILES string of the molecule is CCCc1c(Cl)ncnc1-c1ccccc1OCCOC. The van der Waals surface area contributed by atoms with Crippen LogP contribution < -0.4 is 4.74 Å². The monoisotopic (exact) mass is 306 g/mol. The normalized spacial score (nSPS) is 10.6. The first kappa shape index (κ1) is 15.7. The van der Waals surface area contributed by atoms with Gasteiger partial charge in [-0.3, -0.25) is 0 Å². The fourth-order valence-electron chi connectivity index (χ4n) is 2.12. The van der Waals surface area contributed by atoms with Crippen LogP contribution in [0.2, 0.25) is 5.15 Å². The molecule has 1 aromatic heterocycles. The largest absolute Gasteiger partial charge is 0.490 e. The summed E-state index contributed by atoms with van der Waals surface area (Å²) in [5, 5.41) is 0.508. The average Bonchev–Trinajstić information content (AvgIpc) is 2.50. The van der Waals surface area contributed by atoms with E-state index in [2.05, 4.69) is 16.9 Å². The molecule has 21 heavy (non-hydrogen) atoms. The Balaban J connectivity index is 2.39. The third kappa shape index (κ3) is 3.93. The molecule has 0 radical (unpaired) electrons. The molecule has 5 heteroatoms. The lowest BCUT2D eigenvalue weighted by molar-refractivity contribution is 0.146. The second-order valence-electron chi connectivity index (χ2n) is 4.58. The Hall–Kier alpha value is -1.65. The van der Waals surface area contributed by atoms with Gasteiger partial charge in [0.25, 0.3) is 0 Å². The van der Waals surface area contributed by atoms with Gasteiger partial charge in [0.15, 0.2) is 0 Å². The third-order valence-electron chi connectivity index (χ3n) is 3.08. The van der Waals surface area contributed by atoms with Crippen molar-refractivity contribution in [3.63, 3.8) is 0 Å². The second-order valence-corrected chi connectivity index (χ2v) is 4.94. The van der Waals surface area contributed by atoms with Crippen LogP contribution in [0, 0.1) is 0 Å². The number of nitrogens with zero attached hydrogens (tertiary/aromatic N) is 2. The van der Waals surface area contributed by atoms with Crippen molar-refractivity contribution in [1.82, 2.24) is 9.97 Å². The summed E-state index contributed by atoms with van der Waals surface area (Å²) in [6, 6.07) is 7.81. The molecule has 0 atom stereocenters. The van der Waals surface area contributed by atoms with Crippen LogP contribution in [0.5, 0.6) is 5.75 Å². The molecule has 4 nitrogen and oxygen atoms in total. The topological polar surface area (TPSA) is 44.2 Å². The Morgan fingerprint density at radius 2 is 1.95 bits per heavy atom. The summed E-state index contributed by atoms with van der Waals surface area (Å²) in [5.41, 5.74) is 2.73. The minimum Gasteiger partial charge on any atom is -0.490 e. The van der Waals surface area contributed by atoms with Gasteiger partial charge >= 0.3 is 0 Å². The van der Waals surface area contributed by atoms with Gasteiger partial charge in [-0.15, -0.1) is 0 Å². The molecule has 2 aromatic rings. The molecule has 1 aromatic carbocycles. The van der Waals surface area contributed by atoms with Crippen LogP contribution in [0.4, 0.5) is 0 Å². The van der Waals surface area contributed by atoms with Crippen molar-refractivity contribution in [2.75, 3.05) is 20.3 Å². The van der Waals surface area contributed by atoms with Gasteiger partial charge in [0, 0.05) is 18.2 Å². The minimum atomic E-state index is 0.495. The number of hydrogen-bond acceptors (Lipinski definition) is 4. The Kier molecular flexibility index (Phi) is 5.96. The summed E-state index contributed by atoms with van der Waals surface area (Å²) in [6.45, 7) is 3.14. The minimum absolute atomic E-state index is 0.495. The molecule has 0 bridgehead atoms. The summed E-state index contributed by atoms with van der Waals surface area (Å²) >= 11 is 6.23. The fraction of sp³-hybridized carbons (Fsp3) is 0.375. The molecular weight excluding hydrogens is 288 g/mol. The molecule has 0 fully saturated rings. The number of benzene rings is 1. The molecule has 0 N–H and O–H groups in total. The van der Waals surface area contributed by atoms with E-state index in [0.717, 1.165) is 35.4 Å². The van der Waals surface area contributed by atoms with Gasteiger partial charge in [-0.05, 0) is 18.6 Å². The lowest BCUT2D eigenvalue weighted by atomic mass is 10.0. The quantitative estimate of drug-likeness (QED) is 0.577. The standard InChI is InChI=1S/C16H19ClN2O2/c1-3-6-13-15(18-11-19-16(13)17)12-7-4-5-8-14(12)21-10-9-20-2/h4-5,7-8,11H,3,6,9-10H2,1-2H3. The van der Waals surface area contributed by atoms with Crippen molar-refractivity contribution in [2.24, 2.45) is 0 Å². The predicted molar refractivity (Wildman–Crippen MR) is 83.8 cm³/mol. The van der Waals surface area contributed by atoms with Crippen LogP contribution in [0.1, 0.15) is 18.9 Å². The maximum Gasteiger partial charge on any atom is 0.136 e. The van der Waals surface area contributed by atoms with Gasteiger partial charge in [0.2, 0.25) is 0 Å². The van der Waals surface area contributed by atoms with E-state index in [1.165, 1.54) is 6.33 Å². The van der Waals surface area contributed by atoms with E-state index in [1.54, 1.807) is 7.11 Å². The van der Waals surface area contributed by atoms with Crippen LogP contribution >= 0.6 is 11.6 Å². The van der Waals surface area contributed by atoms with Crippen LogP contribution in [0.15, 0.2) is 30.6 Å². The molecule has 0 spiro atoms. The highest BCUT2D eigenvalue weighted by Gasteiger charge is 2.14. The van der Waals surface area contributed by atoms with Crippen LogP contribution in [0.25, 0.3) is 11.3 Å².